The Bertz CT molecular complexity index is 492. The molecule has 1 aromatic rings. The number of carbonyl (C=O) groups excluding carboxylic acids is 1. The Balaban J connectivity index is 2.34. The average Bonchev–Trinajstić information content (AvgIpc) is 2.42. The highest BCUT2D eigenvalue weighted by Crippen LogP contribution is 2.27. The summed E-state index contributed by atoms with van der Waals surface area (Å²) in [5.74, 6) is -0.0876. The first-order valence-corrected chi connectivity index (χ1v) is 7.66. The maximum atomic E-state index is 11.7. The smallest absolute Gasteiger partial charge is 0.288 e. The van der Waals surface area contributed by atoms with Crippen molar-refractivity contribution in [3.8, 4) is 0 Å². The van der Waals surface area contributed by atoms with Crippen molar-refractivity contribution in [1.29, 1.82) is 0 Å². The lowest BCUT2D eigenvalue weighted by molar-refractivity contribution is -0.384. The van der Waals surface area contributed by atoms with E-state index in [1.807, 2.05) is 0 Å². The maximum absolute atomic E-state index is 11.7. The van der Waals surface area contributed by atoms with E-state index in [-0.39, 0.29) is 16.6 Å². The van der Waals surface area contributed by atoms with Crippen LogP contribution >= 0.6 is 11.6 Å². The second-order valence-corrected chi connectivity index (χ2v) is 5.40. The number of halogens is 1. The van der Waals surface area contributed by atoms with Gasteiger partial charge in [0.2, 0.25) is 5.91 Å². The summed E-state index contributed by atoms with van der Waals surface area (Å²) in [6.07, 6.45) is 7.20. The number of amides is 1. The van der Waals surface area contributed by atoms with Crippen LogP contribution in [0.25, 0.3) is 0 Å². The highest BCUT2D eigenvalue weighted by Gasteiger charge is 2.12. The Labute approximate surface area is 129 Å². The van der Waals surface area contributed by atoms with Crippen LogP contribution in [0.3, 0.4) is 0 Å². The molecular formula is C15H21ClN2O3. The molecule has 0 saturated carbocycles. The predicted octanol–water partition coefficient (Wildman–Crippen LogP) is 4.94. The number of benzene rings is 1. The molecule has 1 N–H and O–H groups in total. The Kier molecular flexibility index (Phi) is 7.75. The third-order valence-corrected chi connectivity index (χ3v) is 3.49. The summed E-state index contributed by atoms with van der Waals surface area (Å²) in [6.45, 7) is 2.17. The van der Waals surface area contributed by atoms with Crippen LogP contribution in [0.2, 0.25) is 5.02 Å². The van der Waals surface area contributed by atoms with Gasteiger partial charge in [-0.05, 0) is 18.6 Å². The van der Waals surface area contributed by atoms with E-state index in [0.29, 0.717) is 12.1 Å². The van der Waals surface area contributed by atoms with Crippen LogP contribution in [0.15, 0.2) is 18.2 Å². The van der Waals surface area contributed by atoms with Gasteiger partial charge in [0.25, 0.3) is 5.69 Å². The number of anilines is 1. The van der Waals surface area contributed by atoms with Crippen LogP contribution in [0, 0.1) is 10.1 Å². The van der Waals surface area contributed by atoms with Gasteiger partial charge < -0.3 is 5.32 Å². The van der Waals surface area contributed by atoms with Gasteiger partial charge in [0.15, 0.2) is 0 Å². The second kappa shape index (κ2) is 9.34. The zero-order valence-corrected chi connectivity index (χ0v) is 13.0. The summed E-state index contributed by atoms with van der Waals surface area (Å²) in [4.78, 5) is 21.8. The molecule has 1 aromatic carbocycles. The molecular weight excluding hydrogens is 292 g/mol. The van der Waals surface area contributed by atoms with Crippen LogP contribution in [0.1, 0.15) is 51.9 Å². The van der Waals surface area contributed by atoms with Crippen molar-refractivity contribution in [3.63, 3.8) is 0 Å². The van der Waals surface area contributed by atoms with Gasteiger partial charge >= 0.3 is 0 Å². The Morgan fingerprint density at radius 3 is 2.52 bits per heavy atom. The molecule has 0 heterocycles. The second-order valence-electron chi connectivity index (χ2n) is 4.99. The van der Waals surface area contributed by atoms with E-state index in [9.17, 15) is 14.9 Å². The molecule has 21 heavy (non-hydrogen) atoms. The number of nitro groups is 1. The van der Waals surface area contributed by atoms with E-state index in [4.69, 9.17) is 11.6 Å². The molecule has 0 aromatic heterocycles. The number of rotatable bonds is 9. The van der Waals surface area contributed by atoms with Crippen LogP contribution in [0.5, 0.6) is 0 Å². The Hall–Kier alpha value is -1.62. The zero-order chi connectivity index (χ0) is 15.7. The largest absolute Gasteiger partial charge is 0.326 e. The molecule has 0 radical (unpaired) electrons. The first-order chi connectivity index (χ1) is 10.0. The van der Waals surface area contributed by atoms with Crippen molar-refractivity contribution in [2.75, 3.05) is 5.32 Å². The normalized spacial score (nSPS) is 10.4. The van der Waals surface area contributed by atoms with Crippen molar-refractivity contribution in [2.24, 2.45) is 0 Å². The SMILES string of the molecule is CCCCCCCCC(=O)Nc1ccc([N+](=O)[O-])c(Cl)c1. The molecule has 0 aliphatic heterocycles. The van der Waals surface area contributed by atoms with Crippen LogP contribution in [0.4, 0.5) is 11.4 Å². The summed E-state index contributed by atoms with van der Waals surface area (Å²) in [6, 6.07) is 4.19. The lowest BCUT2D eigenvalue weighted by atomic mass is 10.1. The van der Waals surface area contributed by atoms with Gasteiger partial charge in [-0.3, -0.25) is 14.9 Å². The van der Waals surface area contributed by atoms with Crippen LogP contribution in [-0.4, -0.2) is 10.8 Å². The van der Waals surface area contributed by atoms with E-state index in [2.05, 4.69) is 12.2 Å². The van der Waals surface area contributed by atoms with Gasteiger partial charge in [0, 0.05) is 18.2 Å². The van der Waals surface area contributed by atoms with Crippen LogP contribution < -0.4 is 5.32 Å². The molecule has 0 aliphatic carbocycles. The van der Waals surface area contributed by atoms with E-state index >= 15 is 0 Å². The van der Waals surface area contributed by atoms with E-state index in [0.717, 1.165) is 19.3 Å². The minimum Gasteiger partial charge on any atom is -0.326 e. The molecule has 0 atom stereocenters. The lowest BCUT2D eigenvalue weighted by Gasteiger charge is -2.06. The molecule has 0 fully saturated rings. The molecule has 0 bridgehead atoms. The highest BCUT2D eigenvalue weighted by molar-refractivity contribution is 6.33. The van der Waals surface area contributed by atoms with Gasteiger partial charge in [-0.1, -0.05) is 50.6 Å². The molecule has 1 rings (SSSR count). The number of carbonyl (C=O) groups is 1. The fourth-order valence-electron chi connectivity index (χ4n) is 2.02. The Morgan fingerprint density at radius 2 is 1.90 bits per heavy atom. The highest BCUT2D eigenvalue weighted by atomic mass is 35.5. The quantitative estimate of drug-likeness (QED) is 0.399. The van der Waals surface area contributed by atoms with Crippen molar-refractivity contribution in [2.45, 2.75) is 51.9 Å². The van der Waals surface area contributed by atoms with Crippen molar-refractivity contribution >= 4 is 28.9 Å². The van der Waals surface area contributed by atoms with E-state index < -0.39 is 4.92 Å². The summed E-state index contributed by atoms with van der Waals surface area (Å²) in [5, 5.41) is 13.4. The van der Waals surface area contributed by atoms with E-state index in [1.54, 1.807) is 0 Å². The molecule has 6 heteroatoms. The zero-order valence-electron chi connectivity index (χ0n) is 12.2. The number of nitrogens with zero attached hydrogens (tertiary/aromatic N) is 1. The third kappa shape index (κ3) is 6.58. The number of unbranched alkanes of at least 4 members (excludes halogenated alkanes) is 5. The number of hydrogen-bond acceptors (Lipinski definition) is 3. The maximum Gasteiger partial charge on any atom is 0.288 e. The fourth-order valence-corrected chi connectivity index (χ4v) is 2.27. The summed E-state index contributed by atoms with van der Waals surface area (Å²) >= 11 is 5.79. The molecule has 0 saturated heterocycles. The number of nitrogens with one attached hydrogen (secondary N) is 1. The van der Waals surface area contributed by atoms with Gasteiger partial charge in [0.05, 0.1) is 4.92 Å². The first kappa shape index (κ1) is 17.4. The van der Waals surface area contributed by atoms with E-state index in [1.165, 1.54) is 37.5 Å². The molecule has 5 nitrogen and oxygen atoms in total. The molecule has 1 amide bonds. The monoisotopic (exact) mass is 312 g/mol. The summed E-state index contributed by atoms with van der Waals surface area (Å²) < 4.78 is 0. The van der Waals surface area contributed by atoms with Gasteiger partial charge in [-0.25, -0.2) is 0 Å². The fraction of sp³-hybridized carbons (Fsp3) is 0.533. The average molecular weight is 313 g/mol. The van der Waals surface area contributed by atoms with Crippen molar-refractivity contribution < 1.29 is 9.72 Å². The molecule has 0 unspecified atom stereocenters. The first-order valence-electron chi connectivity index (χ1n) is 7.28. The Morgan fingerprint density at radius 1 is 1.24 bits per heavy atom. The van der Waals surface area contributed by atoms with Gasteiger partial charge in [-0.2, -0.15) is 0 Å². The standard InChI is InChI=1S/C15H21ClN2O3/c1-2-3-4-5-6-7-8-15(19)17-12-9-10-14(18(20)21)13(16)11-12/h9-11H,2-8H2,1H3,(H,17,19). The summed E-state index contributed by atoms with van der Waals surface area (Å²) in [7, 11) is 0. The van der Waals surface area contributed by atoms with Gasteiger partial charge in [0.1, 0.15) is 5.02 Å². The summed E-state index contributed by atoms with van der Waals surface area (Å²) in [5.41, 5.74) is 0.326. The minimum absolute atomic E-state index is 0.0253. The lowest BCUT2D eigenvalue weighted by Crippen LogP contribution is -2.11. The molecule has 0 aliphatic rings. The van der Waals surface area contributed by atoms with Crippen molar-refractivity contribution in [3.05, 3.63) is 33.3 Å². The van der Waals surface area contributed by atoms with Crippen LogP contribution in [-0.2, 0) is 4.79 Å². The molecule has 0 spiro atoms. The minimum atomic E-state index is -0.551. The number of nitro benzene ring substituents is 1. The van der Waals surface area contributed by atoms with Gasteiger partial charge in [-0.15, -0.1) is 0 Å². The predicted molar refractivity (Wildman–Crippen MR) is 84.7 cm³/mol. The topological polar surface area (TPSA) is 72.2 Å². The number of hydrogen-bond donors (Lipinski definition) is 1. The third-order valence-electron chi connectivity index (χ3n) is 3.19. The molecule has 116 valence electrons. The van der Waals surface area contributed by atoms with Crippen molar-refractivity contribution in [1.82, 2.24) is 0 Å².